The highest BCUT2D eigenvalue weighted by Crippen LogP contribution is 2.42. The summed E-state index contributed by atoms with van der Waals surface area (Å²) in [6.07, 6.45) is 3.90. The second-order valence-electron chi connectivity index (χ2n) is 8.05. The zero-order chi connectivity index (χ0) is 19.8. The van der Waals surface area contributed by atoms with Gasteiger partial charge in [0.05, 0.1) is 17.9 Å². The van der Waals surface area contributed by atoms with E-state index in [0.717, 1.165) is 37.1 Å². The lowest BCUT2D eigenvalue weighted by Crippen LogP contribution is -2.29. The molecule has 1 aromatic heterocycles. The van der Waals surface area contributed by atoms with Gasteiger partial charge in [0.2, 0.25) is 0 Å². The van der Waals surface area contributed by atoms with E-state index in [2.05, 4.69) is 15.6 Å². The molecule has 0 bridgehead atoms. The number of aromatic hydroxyl groups is 1. The van der Waals surface area contributed by atoms with Gasteiger partial charge in [0, 0.05) is 5.56 Å². The van der Waals surface area contributed by atoms with E-state index in [-0.39, 0.29) is 19.8 Å². The van der Waals surface area contributed by atoms with Crippen molar-refractivity contribution in [3.63, 3.8) is 0 Å². The predicted molar refractivity (Wildman–Crippen MR) is 115 cm³/mol. The van der Waals surface area contributed by atoms with Gasteiger partial charge in [0.1, 0.15) is 23.9 Å². The summed E-state index contributed by atoms with van der Waals surface area (Å²) in [4.78, 5) is 16.5. The molecule has 3 heterocycles. The van der Waals surface area contributed by atoms with E-state index in [0.29, 0.717) is 41.3 Å². The fourth-order valence-corrected chi connectivity index (χ4v) is 4.13. The van der Waals surface area contributed by atoms with E-state index in [4.69, 9.17) is 9.47 Å². The van der Waals surface area contributed by atoms with E-state index >= 15 is 0 Å². The van der Waals surface area contributed by atoms with Gasteiger partial charge < -0.3 is 19.9 Å². The number of amides is 1. The van der Waals surface area contributed by atoms with Crippen LogP contribution in [-0.2, 0) is 11.3 Å². The average molecular weight is 412 g/mol. The molecule has 1 aromatic carbocycles. The predicted octanol–water partition coefficient (Wildman–Crippen LogP) is 4.41. The Kier molecular flexibility index (Phi) is 5.81. The van der Waals surface area contributed by atoms with Gasteiger partial charge in [-0.3, -0.25) is 5.32 Å². The smallest absolute Gasteiger partial charge is 0.413 e. The molecule has 0 spiro atoms. The van der Waals surface area contributed by atoms with Crippen molar-refractivity contribution in [2.75, 3.05) is 25.0 Å². The summed E-state index contributed by atoms with van der Waals surface area (Å²) in [6, 6.07) is 7.33. The van der Waals surface area contributed by atoms with Crippen molar-refractivity contribution in [2.24, 2.45) is 5.92 Å². The number of anilines is 1. The molecule has 2 aliphatic heterocycles. The first-order valence-electron chi connectivity index (χ1n) is 10.3. The Labute approximate surface area is 176 Å². The molecular formula is C23H29N3O4. The number of cyclic esters (lactones) is 1. The van der Waals surface area contributed by atoms with E-state index < -0.39 is 6.09 Å². The van der Waals surface area contributed by atoms with Gasteiger partial charge in [-0.15, -0.1) is 0 Å². The molecule has 2 aromatic rings. The van der Waals surface area contributed by atoms with Crippen LogP contribution in [0.5, 0.6) is 11.5 Å². The Morgan fingerprint density at radius 2 is 2.00 bits per heavy atom. The lowest BCUT2D eigenvalue weighted by molar-refractivity contribution is 0.150. The molecule has 0 atom stereocenters. The highest BCUT2D eigenvalue weighted by molar-refractivity contribution is 5.88. The number of ether oxygens (including phenoxy) is 2. The number of hydrogen-bond donors (Lipinski definition) is 3. The van der Waals surface area contributed by atoms with Gasteiger partial charge in [0.15, 0.2) is 0 Å². The quantitative estimate of drug-likeness (QED) is 0.675. The molecule has 1 saturated heterocycles. The van der Waals surface area contributed by atoms with Crippen molar-refractivity contribution in [1.29, 1.82) is 0 Å². The second kappa shape index (κ2) is 8.52. The Morgan fingerprint density at radius 1 is 1.20 bits per heavy atom. The van der Waals surface area contributed by atoms with E-state index in [1.165, 1.54) is 12.8 Å². The van der Waals surface area contributed by atoms with Crippen molar-refractivity contribution in [2.45, 2.75) is 45.6 Å². The van der Waals surface area contributed by atoms with Gasteiger partial charge in [-0.05, 0) is 74.4 Å². The first-order valence-corrected chi connectivity index (χ1v) is 10.3. The Bertz CT molecular complexity index is 936. The number of nitrogens with one attached hydrogen (secondary N) is 2. The zero-order valence-electron chi connectivity index (χ0n) is 16.2. The number of hydrogen-bond acceptors (Lipinski definition) is 6. The minimum atomic E-state index is -0.499. The highest BCUT2D eigenvalue weighted by Gasteiger charge is 2.28. The Hall–Kier alpha value is -2.80. The summed E-state index contributed by atoms with van der Waals surface area (Å²) >= 11 is 0. The van der Waals surface area contributed by atoms with Crippen LogP contribution in [0.1, 0.15) is 50.2 Å². The van der Waals surface area contributed by atoms with Crippen molar-refractivity contribution >= 4 is 11.9 Å². The van der Waals surface area contributed by atoms with Crippen molar-refractivity contribution in [1.82, 2.24) is 10.3 Å². The SMILES string of the molecule is C.O=C1Nc2nc(-c3c(O)cccc3OCC3CC3)cc(C3CCNCC3)c2CO1. The molecular weight excluding hydrogens is 382 g/mol. The maximum absolute atomic E-state index is 11.8. The molecule has 30 heavy (non-hydrogen) atoms. The number of carbonyl (C=O) groups is 1. The third kappa shape index (κ3) is 4.07. The first kappa shape index (κ1) is 20.5. The topological polar surface area (TPSA) is 92.7 Å². The van der Waals surface area contributed by atoms with Crippen molar-refractivity contribution in [3.05, 3.63) is 35.4 Å². The summed E-state index contributed by atoms with van der Waals surface area (Å²) < 4.78 is 11.2. The number of aromatic nitrogens is 1. The lowest BCUT2D eigenvalue weighted by atomic mass is 9.86. The van der Waals surface area contributed by atoms with Gasteiger partial charge in [-0.25, -0.2) is 9.78 Å². The van der Waals surface area contributed by atoms with Gasteiger partial charge in [-0.1, -0.05) is 13.5 Å². The van der Waals surface area contributed by atoms with Crippen LogP contribution in [0, 0.1) is 5.92 Å². The first-order chi connectivity index (χ1) is 14.2. The van der Waals surface area contributed by atoms with Crippen LogP contribution in [0.15, 0.2) is 24.3 Å². The van der Waals surface area contributed by atoms with Crippen LogP contribution in [0.25, 0.3) is 11.3 Å². The fraction of sp³-hybridized carbons (Fsp3) is 0.478. The maximum atomic E-state index is 11.8. The standard InChI is InChI=1S/C22H25N3O4.CH4/c26-18-2-1-3-19(28-11-13-4-5-13)20(18)17-10-15(14-6-8-23-9-7-14)16-12-29-22(27)25-21(16)24-17;/h1-3,10,13-14,23,26H,4-9,11-12H2,(H,24,25,27);1H4. The monoisotopic (exact) mass is 411 g/mol. The molecule has 1 amide bonds. The minimum Gasteiger partial charge on any atom is -0.507 e. The number of pyridine rings is 1. The van der Waals surface area contributed by atoms with Crippen LogP contribution in [0.2, 0.25) is 0 Å². The number of phenolic OH excluding ortho intramolecular Hbond substituents is 1. The number of nitrogens with zero attached hydrogens (tertiary/aromatic N) is 1. The lowest BCUT2D eigenvalue weighted by Gasteiger charge is -2.28. The molecule has 3 N–H and O–H groups in total. The number of carbonyl (C=O) groups excluding carboxylic acids is 1. The number of piperidine rings is 1. The molecule has 160 valence electrons. The molecule has 2 fully saturated rings. The van der Waals surface area contributed by atoms with E-state index in [9.17, 15) is 9.90 Å². The maximum Gasteiger partial charge on any atom is 0.413 e. The molecule has 1 aliphatic carbocycles. The summed E-state index contributed by atoms with van der Waals surface area (Å²) in [7, 11) is 0. The van der Waals surface area contributed by atoms with E-state index in [1.807, 2.05) is 12.1 Å². The normalized spacial score (nSPS) is 18.6. The van der Waals surface area contributed by atoms with Crippen molar-refractivity contribution < 1.29 is 19.4 Å². The fourth-order valence-electron chi connectivity index (χ4n) is 4.13. The minimum absolute atomic E-state index is 0. The van der Waals surface area contributed by atoms with Gasteiger partial charge >= 0.3 is 6.09 Å². The Morgan fingerprint density at radius 3 is 2.77 bits per heavy atom. The number of rotatable bonds is 5. The van der Waals surface area contributed by atoms with Crippen LogP contribution >= 0.6 is 0 Å². The van der Waals surface area contributed by atoms with Crippen LogP contribution in [-0.4, -0.2) is 35.9 Å². The molecule has 1 saturated carbocycles. The number of fused-ring (bicyclic) bond motifs is 1. The van der Waals surface area contributed by atoms with Gasteiger partial charge in [-0.2, -0.15) is 0 Å². The highest BCUT2D eigenvalue weighted by atomic mass is 16.5. The van der Waals surface area contributed by atoms with Crippen LogP contribution < -0.4 is 15.4 Å². The molecule has 5 rings (SSSR count). The summed E-state index contributed by atoms with van der Waals surface area (Å²) in [5, 5.41) is 16.8. The van der Waals surface area contributed by atoms with Crippen LogP contribution in [0.4, 0.5) is 10.6 Å². The molecule has 0 radical (unpaired) electrons. The van der Waals surface area contributed by atoms with Crippen LogP contribution in [0.3, 0.4) is 0 Å². The molecule has 3 aliphatic rings. The molecule has 7 heteroatoms. The molecule has 0 unspecified atom stereocenters. The summed E-state index contributed by atoms with van der Waals surface area (Å²) in [5.74, 6) is 2.22. The number of benzene rings is 1. The third-order valence-corrected chi connectivity index (χ3v) is 5.94. The average Bonchev–Trinajstić information content (AvgIpc) is 3.56. The summed E-state index contributed by atoms with van der Waals surface area (Å²) in [5.41, 5.74) is 3.24. The molecule has 7 nitrogen and oxygen atoms in total. The third-order valence-electron chi connectivity index (χ3n) is 5.94. The van der Waals surface area contributed by atoms with E-state index in [1.54, 1.807) is 12.1 Å². The largest absolute Gasteiger partial charge is 0.507 e. The summed E-state index contributed by atoms with van der Waals surface area (Å²) in [6.45, 7) is 2.78. The van der Waals surface area contributed by atoms with Crippen molar-refractivity contribution in [3.8, 4) is 22.8 Å². The van der Waals surface area contributed by atoms with Gasteiger partial charge in [0.25, 0.3) is 0 Å². The second-order valence-corrected chi connectivity index (χ2v) is 8.05. The number of phenols is 1. The zero-order valence-corrected chi connectivity index (χ0v) is 16.2. The Balaban J connectivity index is 0.00000218.